The Morgan fingerprint density at radius 1 is 1.00 bits per heavy atom. The van der Waals surface area contributed by atoms with Crippen molar-refractivity contribution in [1.82, 2.24) is 9.80 Å². The molecule has 0 atom stereocenters. The highest BCUT2D eigenvalue weighted by molar-refractivity contribution is 6.31. The van der Waals surface area contributed by atoms with Crippen LogP contribution in [0.2, 0.25) is 5.02 Å². The summed E-state index contributed by atoms with van der Waals surface area (Å²) in [5, 5.41) is 5.92. The van der Waals surface area contributed by atoms with Gasteiger partial charge in [0.25, 0.3) is 0 Å². The fraction of sp³-hybridized carbons (Fsp3) is 0.269. The van der Waals surface area contributed by atoms with Gasteiger partial charge in [0.1, 0.15) is 5.82 Å². The van der Waals surface area contributed by atoms with E-state index in [1.54, 1.807) is 17.0 Å². The van der Waals surface area contributed by atoms with E-state index in [-0.39, 0.29) is 11.8 Å². The van der Waals surface area contributed by atoms with E-state index in [1.165, 1.54) is 28.7 Å². The van der Waals surface area contributed by atoms with Crippen molar-refractivity contribution in [3.63, 3.8) is 0 Å². The van der Waals surface area contributed by atoms with Crippen LogP contribution in [-0.4, -0.2) is 48.6 Å². The third kappa shape index (κ3) is 5.47. The number of carbonyl (C=O) groups is 1. The maximum atomic E-state index is 13.0. The molecule has 6 heteroatoms. The molecule has 32 heavy (non-hydrogen) atoms. The van der Waals surface area contributed by atoms with Crippen LogP contribution in [0.25, 0.3) is 16.3 Å². The zero-order chi connectivity index (χ0) is 22.5. The summed E-state index contributed by atoms with van der Waals surface area (Å²) in [4.78, 5) is 16.6. The molecule has 0 bridgehead atoms. The third-order valence-electron chi connectivity index (χ3n) is 5.90. The number of rotatable bonds is 5. The topological polar surface area (TPSA) is 35.6 Å². The van der Waals surface area contributed by atoms with Gasteiger partial charge in [0.05, 0.1) is 0 Å². The second kappa shape index (κ2) is 10.2. The van der Waals surface area contributed by atoms with Gasteiger partial charge >= 0.3 is 6.03 Å². The number of allylic oxidation sites excluding steroid dienone is 1. The van der Waals surface area contributed by atoms with Crippen LogP contribution in [0.3, 0.4) is 0 Å². The maximum absolute atomic E-state index is 13.0. The average Bonchev–Trinajstić information content (AvgIpc) is 2.81. The molecule has 4 nitrogen and oxygen atoms in total. The largest absolute Gasteiger partial charge is 0.322 e. The first kappa shape index (κ1) is 22.3. The van der Waals surface area contributed by atoms with Crippen LogP contribution >= 0.6 is 11.6 Å². The molecule has 1 saturated heterocycles. The SMILES string of the molecule is CC/C(=C\CN1CCN(C(=O)Nc2ccc(F)cc2)CC1)c1ccc2cc(Cl)ccc2c1. The molecular weight excluding hydrogens is 425 g/mol. The van der Waals surface area contributed by atoms with Crippen molar-refractivity contribution < 1.29 is 9.18 Å². The van der Waals surface area contributed by atoms with Crippen LogP contribution in [-0.2, 0) is 0 Å². The molecule has 4 rings (SSSR count). The third-order valence-corrected chi connectivity index (χ3v) is 6.14. The van der Waals surface area contributed by atoms with Crippen LogP contribution in [0, 0.1) is 5.82 Å². The van der Waals surface area contributed by atoms with E-state index in [9.17, 15) is 9.18 Å². The van der Waals surface area contributed by atoms with E-state index in [2.05, 4.69) is 47.5 Å². The molecule has 1 heterocycles. The van der Waals surface area contributed by atoms with Crippen molar-refractivity contribution in [1.29, 1.82) is 0 Å². The van der Waals surface area contributed by atoms with Gasteiger partial charge in [-0.05, 0) is 70.8 Å². The minimum atomic E-state index is -0.316. The normalized spacial score (nSPS) is 15.2. The summed E-state index contributed by atoms with van der Waals surface area (Å²) in [5.74, 6) is -0.316. The highest BCUT2D eigenvalue weighted by Crippen LogP contribution is 2.25. The summed E-state index contributed by atoms with van der Waals surface area (Å²) in [6.07, 6.45) is 3.25. The van der Waals surface area contributed by atoms with Crippen molar-refractivity contribution in [2.24, 2.45) is 0 Å². The van der Waals surface area contributed by atoms with Gasteiger partial charge in [0.2, 0.25) is 0 Å². The van der Waals surface area contributed by atoms with Gasteiger partial charge in [0, 0.05) is 43.4 Å². The Hall–Kier alpha value is -2.89. The molecule has 0 aromatic heterocycles. The minimum absolute atomic E-state index is 0.141. The lowest BCUT2D eigenvalue weighted by Gasteiger charge is -2.34. The van der Waals surface area contributed by atoms with Gasteiger partial charge in [-0.25, -0.2) is 9.18 Å². The number of carbonyl (C=O) groups excluding carboxylic acids is 1. The van der Waals surface area contributed by atoms with Crippen molar-refractivity contribution in [2.45, 2.75) is 13.3 Å². The average molecular weight is 452 g/mol. The Balaban J connectivity index is 1.33. The van der Waals surface area contributed by atoms with Crippen molar-refractivity contribution >= 4 is 39.7 Å². The van der Waals surface area contributed by atoms with E-state index in [1.807, 2.05) is 12.1 Å². The number of hydrogen-bond acceptors (Lipinski definition) is 2. The number of urea groups is 1. The summed E-state index contributed by atoms with van der Waals surface area (Å²) in [7, 11) is 0. The summed E-state index contributed by atoms with van der Waals surface area (Å²) in [6, 6.07) is 18.2. The predicted molar refractivity (Wildman–Crippen MR) is 131 cm³/mol. The maximum Gasteiger partial charge on any atom is 0.321 e. The van der Waals surface area contributed by atoms with Crippen LogP contribution in [0.15, 0.2) is 66.7 Å². The second-order valence-corrected chi connectivity index (χ2v) is 8.45. The molecule has 1 N–H and O–H groups in total. The fourth-order valence-corrected chi connectivity index (χ4v) is 4.17. The number of anilines is 1. The van der Waals surface area contributed by atoms with E-state index in [0.717, 1.165) is 36.5 Å². The van der Waals surface area contributed by atoms with Crippen molar-refractivity contribution in [3.8, 4) is 0 Å². The zero-order valence-electron chi connectivity index (χ0n) is 18.2. The van der Waals surface area contributed by atoms with Gasteiger partial charge in [-0.15, -0.1) is 0 Å². The Morgan fingerprint density at radius 2 is 1.69 bits per heavy atom. The van der Waals surface area contributed by atoms with E-state index in [0.29, 0.717) is 18.8 Å². The number of amides is 2. The first-order chi connectivity index (χ1) is 15.5. The molecular formula is C26H27ClFN3O. The molecule has 0 unspecified atom stereocenters. The van der Waals surface area contributed by atoms with Crippen LogP contribution in [0.1, 0.15) is 18.9 Å². The zero-order valence-corrected chi connectivity index (χ0v) is 18.9. The summed E-state index contributed by atoms with van der Waals surface area (Å²) in [6.45, 7) is 6.00. The molecule has 0 aliphatic carbocycles. The molecule has 3 aromatic rings. The molecule has 2 amide bonds. The second-order valence-electron chi connectivity index (χ2n) is 8.01. The van der Waals surface area contributed by atoms with Crippen molar-refractivity contribution in [3.05, 3.63) is 83.1 Å². The Bertz CT molecular complexity index is 1120. The molecule has 1 aliphatic rings. The van der Waals surface area contributed by atoms with E-state index < -0.39 is 0 Å². The lowest BCUT2D eigenvalue weighted by Crippen LogP contribution is -2.49. The lowest BCUT2D eigenvalue weighted by molar-refractivity contribution is 0.156. The number of benzene rings is 3. The number of hydrogen-bond donors (Lipinski definition) is 1. The molecule has 3 aromatic carbocycles. The fourth-order valence-electron chi connectivity index (χ4n) is 3.99. The van der Waals surface area contributed by atoms with E-state index in [4.69, 9.17) is 11.6 Å². The minimum Gasteiger partial charge on any atom is -0.322 e. The lowest BCUT2D eigenvalue weighted by atomic mass is 9.99. The highest BCUT2D eigenvalue weighted by Gasteiger charge is 2.20. The summed E-state index contributed by atoms with van der Waals surface area (Å²) < 4.78 is 13.0. The standard InChI is InChI=1S/C26H27ClFN3O/c1-2-19(20-3-4-22-18-23(27)6-5-21(22)17-20)11-12-30-13-15-31(16-14-30)26(32)29-25-9-7-24(28)8-10-25/h3-11,17-18H,2,12-16H2,1H3,(H,29,32)/b19-11+. The Kier molecular flexibility index (Phi) is 7.08. The first-order valence-corrected chi connectivity index (χ1v) is 11.3. The number of nitrogens with one attached hydrogen (secondary N) is 1. The number of piperazine rings is 1. The van der Waals surface area contributed by atoms with Gasteiger partial charge in [0.15, 0.2) is 0 Å². The molecule has 166 valence electrons. The van der Waals surface area contributed by atoms with Crippen LogP contribution < -0.4 is 5.32 Å². The Morgan fingerprint density at radius 3 is 2.41 bits per heavy atom. The molecule has 1 fully saturated rings. The predicted octanol–water partition coefficient (Wildman–Crippen LogP) is 6.28. The Labute approximate surface area is 193 Å². The van der Waals surface area contributed by atoms with E-state index >= 15 is 0 Å². The van der Waals surface area contributed by atoms with Gasteiger partial charge < -0.3 is 10.2 Å². The highest BCUT2D eigenvalue weighted by atomic mass is 35.5. The molecule has 0 radical (unpaired) electrons. The van der Waals surface area contributed by atoms with Gasteiger partial charge in [-0.2, -0.15) is 0 Å². The van der Waals surface area contributed by atoms with Crippen molar-refractivity contribution in [2.75, 3.05) is 38.0 Å². The quantitative estimate of drug-likeness (QED) is 0.495. The summed E-state index contributed by atoms with van der Waals surface area (Å²) in [5.41, 5.74) is 3.16. The van der Waals surface area contributed by atoms with Gasteiger partial charge in [-0.3, -0.25) is 4.90 Å². The molecule has 0 saturated carbocycles. The van der Waals surface area contributed by atoms with Crippen LogP contribution in [0.5, 0.6) is 0 Å². The first-order valence-electron chi connectivity index (χ1n) is 10.9. The monoisotopic (exact) mass is 451 g/mol. The molecule has 0 spiro atoms. The number of halogens is 2. The summed E-state index contributed by atoms with van der Waals surface area (Å²) >= 11 is 6.10. The smallest absolute Gasteiger partial charge is 0.321 e. The number of fused-ring (bicyclic) bond motifs is 1. The van der Waals surface area contributed by atoms with Gasteiger partial charge in [-0.1, -0.05) is 42.8 Å². The van der Waals surface area contributed by atoms with Crippen LogP contribution in [0.4, 0.5) is 14.9 Å². The molecule has 1 aliphatic heterocycles. The number of nitrogens with zero attached hydrogens (tertiary/aromatic N) is 2.